The van der Waals surface area contributed by atoms with Crippen molar-refractivity contribution in [1.82, 2.24) is 14.9 Å². The summed E-state index contributed by atoms with van der Waals surface area (Å²) in [5, 5.41) is 4.41. The van der Waals surface area contributed by atoms with Crippen molar-refractivity contribution in [3.8, 4) is 0 Å². The minimum atomic E-state index is 0.386. The van der Waals surface area contributed by atoms with Gasteiger partial charge in [0.2, 0.25) is 0 Å². The van der Waals surface area contributed by atoms with Crippen molar-refractivity contribution in [3.63, 3.8) is 0 Å². The van der Waals surface area contributed by atoms with Gasteiger partial charge in [0.25, 0.3) is 0 Å². The van der Waals surface area contributed by atoms with Gasteiger partial charge in [-0.05, 0) is 37.7 Å². The van der Waals surface area contributed by atoms with E-state index < -0.39 is 0 Å². The number of para-hydroxylation sites is 1. The van der Waals surface area contributed by atoms with Gasteiger partial charge >= 0.3 is 0 Å². The van der Waals surface area contributed by atoms with Crippen molar-refractivity contribution in [2.45, 2.75) is 19.5 Å². The predicted octanol–water partition coefficient (Wildman–Crippen LogP) is 3.43. The second-order valence-corrected chi connectivity index (χ2v) is 5.82. The van der Waals surface area contributed by atoms with Crippen molar-refractivity contribution in [2.24, 2.45) is 0 Å². The van der Waals surface area contributed by atoms with Gasteiger partial charge in [-0.25, -0.2) is 4.98 Å². The maximum absolute atomic E-state index is 4.66. The maximum atomic E-state index is 4.66. The summed E-state index contributed by atoms with van der Waals surface area (Å²) in [6.07, 6.45) is 4.31. The Bertz CT molecular complexity index is 650. The molecule has 0 aliphatic rings. The van der Waals surface area contributed by atoms with E-state index in [9.17, 15) is 0 Å². The summed E-state index contributed by atoms with van der Waals surface area (Å²) in [5.41, 5.74) is 2.40. The van der Waals surface area contributed by atoms with Crippen molar-refractivity contribution in [2.75, 3.05) is 7.05 Å². The van der Waals surface area contributed by atoms with E-state index in [2.05, 4.69) is 58.5 Å². The number of hydrogen-bond acceptors (Lipinski definition) is 3. The fourth-order valence-corrected chi connectivity index (χ4v) is 3.10. The van der Waals surface area contributed by atoms with E-state index in [0.717, 1.165) is 17.1 Å². The van der Waals surface area contributed by atoms with Gasteiger partial charge in [0.1, 0.15) is 5.01 Å². The summed E-state index contributed by atoms with van der Waals surface area (Å²) in [6.45, 7) is 3.01. The van der Waals surface area contributed by atoms with Crippen molar-refractivity contribution in [1.29, 1.82) is 0 Å². The molecule has 4 heteroatoms. The molecule has 0 spiro atoms. The zero-order valence-electron chi connectivity index (χ0n) is 11.1. The predicted molar refractivity (Wildman–Crippen MR) is 80.6 cm³/mol. The highest BCUT2D eigenvalue weighted by molar-refractivity contribution is 7.18. The third-order valence-corrected chi connectivity index (χ3v) is 4.38. The molecule has 98 valence electrons. The summed E-state index contributed by atoms with van der Waals surface area (Å²) in [5.74, 6) is 0. The Hall–Kier alpha value is -1.65. The van der Waals surface area contributed by atoms with Crippen molar-refractivity contribution in [3.05, 3.63) is 53.3 Å². The minimum absolute atomic E-state index is 0.386. The van der Waals surface area contributed by atoms with Gasteiger partial charge in [0, 0.05) is 18.4 Å². The van der Waals surface area contributed by atoms with Gasteiger partial charge in [-0.2, -0.15) is 0 Å². The SMILES string of the molecule is CNC(C)c1ccn(Cc2nc3ccccc3s2)c1. The number of benzene rings is 1. The van der Waals surface area contributed by atoms with Crippen LogP contribution in [-0.2, 0) is 6.54 Å². The third kappa shape index (κ3) is 2.55. The lowest BCUT2D eigenvalue weighted by atomic mass is 10.2. The zero-order valence-corrected chi connectivity index (χ0v) is 11.9. The lowest BCUT2D eigenvalue weighted by Crippen LogP contribution is -2.11. The van der Waals surface area contributed by atoms with Crippen LogP contribution in [0.1, 0.15) is 23.5 Å². The molecule has 2 aromatic heterocycles. The van der Waals surface area contributed by atoms with E-state index in [1.54, 1.807) is 11.3 Å². The molecule has 19 heavy (non-hydrogen) atoms. The normalized spacial score (nSPS) is 12.9. The summed E-state index contributed by atoms with van der Waals surface area (Å²) in [7, 11) is 1.98. The number of nitrogens with one attached hydrogen (secondary N) is 1. The Morgan fingerprint density at radius 3 is 2.95 bits per heavy atom. The summed E-state index contributed by atoms with van der Waals surface area (Å²) in [4.78, 5) is 4.66. The van der Waals surface area contributed by atoms with Crippen LogP contribution in [0.25, 0.3) is 10.2 Å². The lowest BCUT2D eigenvalue weighted by molar-refractivity contribution is 0.649. The molecule has 0 radical (unpaired) electrons. The lowest BCUT2D eigenvalue weighted by Gasteiger charge is -2.06. The number of nitrogens with zero attached hydrogens (tertiary/aromatic N) is 2. The Morgan fingerprint density at radius 2 is 2.16 bits per heavy atom. The van der Waals surface area contributed by atoms with Gasteiger partial charge in [0.05, 0.1) is 16.8 Å². The number of hydrogen-bond donors (Lipinski definition) is 1. The van der Waals surface area contributed by atoms with Gasteiger partial charge in [0.15, 0.2) is 0 Å². The van der Waals surface area contributed by atoms with E-state index >= 15 is 0 Å². The summed E-state index contributed by atoms with van der Waals surface area (Å²) >= 11 is 1.77. The fourth-order valence-electron chi connectivity index (χ4n) is 2.12. The van der Waals surface area contributed by atoms with Crippen LogP contribution in [0.3, 0.4) is 0 Å². The Morgan fingerprint density at radius 1 is 1.32 bits per heavy atom. The van der Waals surface area contributed by atoms with E-state index in [1.165, 1.54) is 10.3 Å². The maximum Gasteiger partial charge on any atom is 0.114 e. The van der Waals surface area contributed by atoms with Gasteiger partial charge < -0.3 is 9.88 Å². The molecule has 3 aromatic rings. The highest BCUT2D eigenvalue weighted by atomic mass is 32.1. The smallest absolute Gasteiger partial charge is 0.114 e. The highest BCUT2D eigenvalue weighted by Gasteiger charge is 2.07. The van der Waals surface area contributed by atoms with Crippen LogP contribution >= 0.6 is 11.3 Å². The van der Waals surface area contributed by atoms with Crippen LogP contribution in [-0.4, -0.2) is 16.6 Å². The molecule has 0 amide bonds. The first-order chi connectivity index (χ1) is 9.26. The largest absolute Gasteiger partial charge is 0.347 e. The number of rotatable bonds is 4. The van der Waals surface area contributed by atoms with Crippen LogP contribution in [0.5, 0.6) is 0 Å². The van der Waals surface area contributed by atoms with Crippen LogP contribution < -0.4 is 5.32 Å². The quantitative estimate of drug-likeness (QED) is 0.788. The molecule has 3 nitrogen and oxygen atoms in total. The molecule has 1 unspecified atom stereocenters. The highest BCUT2D eigenvalue weighted by Crippen LogP contribution is 2.22. The number of thiazole rings is 1. The molecule has 0 saturated heterocycles. The van der Waals surface area contributed by atoms with Crippen LogP contribution in [0.2, 0.25) is 0 Å². The molecule has 1 atom stereocenters. The van der Waals surface area contributed by atoms with Crippen molar-refractivity contribution >= 4 is 21.6 Å². The van der Waals surface area contributed by atoms with Crippen molar-refractivity contribution < 1.29 is 0 Å². The van der Waals surface area contributed by atoms with Crippen LogP contribution in [0.15, 0.2) is 42.7 Å². The van der Waals surface area contributed by atoms with Gasteiger partial charge in [-0.3, -0.25) is 0 Å². The monoisotopic (exact) mass is 271 g/mol. The Kier molecular flexibility index (Phi) is 3.36. The fraction of sp³-hybridized carbons (Fsp3) is 0.267. The van der Waals surface area contributed by atoms with E-state index in [-0.39, 0.29) is 0 Å². The molecule has 0 fully saturated rings. The first kappa shape index (κ1) is 12.4. The topological polar surface area (TPSA) is 29.9 Å². The Labute approximate surface area is 116 Å². The molecule has 0 saturated carbocycles. The zero-order chi connectivity index (χ0) is 13.2. The molecule has 1 N–H and O–H groups in total. The second kappa shape index (κ2) is 5.15. The number of fused-ring (bicyclic) bond motifs is 1. The molecule has 1 aromatic carbocycles. The average molecular weight is 271 g/mol. The Balaban J connectivity index is 1.82. The number of aromatic nitrogens is 2. The first-order valence-electron chi connectivity index (χ1n) is 6.43. The molecular weight excluding hydrogens is 254 g/mol. The summed E-state index contributed by atoms with van der Waals surface area (Å²) < 4.78 is 3.45. The van der Waals surface area contributed by atoms with Crippen LogP contribution in [0, 0.1) is 0 Å². The van der Waals surface area contributed by atoms with Crippen LogP contribution in [0.4, 0.5) is 0 Å². The third-order valence-electron chi connectivity index (χ3n) is 3.36. The molecular formula is C15H17N3S. The second-order valence-electron chi connectivity index (χ2n) is 4.70. The average Bonchev–Trinajstić information content (AvgIpc) is 3.04. The minimum Gasteiger partial charge on any atom is -0.347 e. The molecule has 0 bridgehead atoms. The standard InChI is InChI=1S/C15H17N3S/c1-11(16-2)12-7-8-18(9-12)10-15-17-13-5-3-4-6-14(13)19-15/h3-9,11,16H,10H2,1-2H3. The molecule has 3 rings (SSSR count). The summed E-state index contributed by atoms with van der Waals surface area (Å²) in [6, 6.07) is 10.8. The van der Waals surface area contributed by atoms with E-state index in [1.807, 2.05) is 13.1 Å². The van der Waals surface area contributed by atoms with Gasteiger partial charge in [-0.1, -0.05) is 12.1 Å². The van der Waals surface area contributed by atoms with E-state index in [4.69, 9.17) is 0 Å². The molecule has 2 heterocycles. The van der Waals surface area contributed by atoms with Gasteiger partial charge in [-0.15, -0.1) is 11.3 Å². The van der Waals surface area contributed by atoms with E-state index in [0.29, 0.717) is 6.04 Å². The molecule has 0 aliphatic heterocycles. The first-order valence-corrected chi connectivity index (χ1v) is 7.25. The molecule has 0 aliphatic carbocycles.